The highest BCUT2D eigenvalue weighted by Crippen LogP contribution is 2.47. The number of anilines is 3. The Balaban J connectivity index is 1.02. The highest BCUT2D eigenvalue weighted by Gasteiger charge is 2.22. The molecule has 12 aromatic rings. The zero-order valence-electron chi connectivity index (χ0n) is 32.1. The van der Waals surface area contributed by atoms with Gasteiger partial charge in [-0.1, -0.05) is 164 Å². The number of benzene rings is 10. The van der Waals surface area contributed by atoms with Gasteiger partial charge >= 0.3 is 0 Å². The fourth-order valence-electron chi connectivity index (χ4n) is 9.27. The minimum Gasteiger partial charge on any atom is -0.455 e. The van der Waals surface area contributed by atoms with Crippen LogP contribution in [0.5, 0.6) is 0 Å². The summed E-state index contributed by atoms with van der Waals surface area (Å²) in [6.07, 6.45) is 0. The van der Waals surface area contributed by atoms with Crippen LogP contribution in [0.3, 0.4) is 0 Å². The first-order valence-electron chi connectivity index (χ1n) is 20.2. The van der Waals surface area contributed by atoms with Gasteiger partial charge in [-0.25, -0.2) is 0 Å². The van der Waals surface area contributed by atoms with Crippen LogP contribution in [-0.4, -0.2) is 4.57 Å². The Morgan fingerprint density at radius 2 is 0.898 bits per heavy atom. The minimum atomic E-state index is 0.891. The van der Waals surface area contributed by atoms with Gasteiger partial charge in [0.1, 0.15) is 11.2 Å². The van der Waals surface area contributed by atoms with E-state index in [9.17, 15) is 0 Å². The van der Waals surface area contributed by atoms with Crippen molar-refractivity contribution in [2.45, 2.75) is 0 Å². The van der Waals surface area contributed by atoms with Crippen molar-refractivity contribution in [1.29, 1.82) is 0 Å². The van der Waals surface area contributed by atoms with Crippen LogP contribution < -0.4 is 4.90 Å². The summed E-state index contributed by atoms with van der Waals surface area (Å²) in [5.74, 6) is 0. The molecule has 0 aliphatic carbocycles. The summed E-state index contributed by atoms with van der Waals surface area (Å²) in [5, 5.41) is 9.43. The molecule has 2 aromatic heterocycles. The Morgan fingerprint density at radius 3 is 1.69 bits per heavy atom. The molecular formula is C56H36N2O. The molecule has 0 saturated heterocycles. The monoisotopic (exact) mass is 752 g/mol. The van der Waals surface area contributed by atoms with Crippen LogP contribution in [-0.2, 0) is 0 Å². The molecule has 2 heterocycles. The normalized spacial score (nSPS) is 11.7. The number of hydrogen-bond acceptors (Lipinski definition) is 2. The van der Waals surface area contributed by atoms with Crippen molar-refractivity contribution in [3.05, 3.63) is 218 Å². The van der Waals surface area contributed by atoms with Crippen molar-refractivity contribution in [3.8, 4) is 27.9 Å². The summed E-state index contributed by atoms with van der Waals surface area (Å²) < 4.78 is 9.28. The van der Waals surface area contributed by atoms with E-state index in [4.69, 9.17) is 4.42 Å². The maximum Gasteiger partial charge on any atom is 0.143 e. The van der Waals surface area contributed by atoms with Gasteiger partial charge in [0.15, 0.2) is 0 Å². The fraction of sp³-hybridized carbons (Fsp3) is 0. The summed E-state index contributed by atoms with van der Waals surface area (Å²) in [6, 6.07) is 78.6. The number of aromatic nitrogens is 1. The van der Waals surface area contributed by atoms with Gasteiger partial charge in [0.05, 0.1) is 22.4 Å². The van der Waals surface area contributed by atoms with E-state index in [0.29, 0.717) is 0 Å². The van der Waals surface area contributed by atoms with Gasteiger partial charge in [0.25, 0.3) is 0 Å². The maximum absolute atomic E-state index is 6.90. The Morgan fingerprint density at radius 1 is 0.339 bits per heavy atom. The molecule has 3 nitrogen and oxygen atoms in total. The molecule has 0 N–H and O–H groups in total. The highest BCUT2D eigenvalue weighted by molar-refractivity contribution is 6.18. The molecule has 0 saturated carbocycles. The van der Waals surface area contributed by atoms with Gasteiger partial charge in [-0.15, -0.1) is 0 Å². The topological polar surface area (TPSA) is 21.3 Å². The van der Waals surface area contributed by atoms with Crippen molar-refractivity contribution >= 4 is 82.4 Å². The smallest absolute Gasteiger partial charge is 0.143 e. The van der Waals surface area contributed by atoms with Crippen LogP contribution in [0.4, 0.5) is 17.1 Å². The Labute approximate surface area is 341 Å². The number of para-hydroxylation sites is 4. The van der Waals surface area contributed by atoms with Crippen molar-refractivity contribution in [3.63, 3.8) is 0 Å². The molecule has 10 aromatic carbocycles. The average Bonchev–Trinajstić information content (AvgIpc) is 3.86. The number of nitrogens with zero attached hydrogens (tertiary/aromatic N) is 2. The summed E-state index contributed by atoms with van der Waals surface area (Å²) in [6.45, 7) is 0. The lowest BCUT2D eigenvalue weighted by Crippen LogP contribution is -2.11. The van der Waals surface area contributed by atoms with Crippen molar-refractivity contribution < 1.29 is 4.42 Å². The summed E-state index contributed by atoms with van der Waals surface area (Å²) in [4.78, 5) is 2.41. The van der Waals surface area contributed by atoms with E-state index < -0.39 is 0 Å². The first kappa shape index (κ1) is 33.3. The second-order valence-corrected chi connectivity index (χ2v) is 15.3. The molecule has 12 rings (SSSR count). The van der Waals surface area contributed by atoms with Crippen LogP contribution in [0.15, 0.2) is 223 Å². The molecule has 59 heavy (non-hydrogen) atoms. The zero-order valence-corrected chi connectivity index (χ0v) is 32.1. The minimum absolute atomic E-state index is 0.891. The molecule has 0 amide bonds. The quantitative estimate of drug-likeness (QED) is 0.169. The Hall–Kier alpha value is -7.88. The largest absolute Gasteiger partial charge is 0.455 e. The SMILES string of the molecule is c1cc(-c2ccc(N(c3ccccc3-c3cccc4c3oc3c5ccccc5ccc43)c3cccc4ccccc34)cc2)cc(-n2c3ccccc3c3ccccc32)c1. The van der Waals surface area contributed by atoms with Gasteiger partial charge in [-0.05, 0) is 76.5 Å². The summed E-state index contributed by atoms with van der Waals surface area (Å²) in [5.41, 5.74) is 13.1. The number of fused-ring (bicyclic) bond motifs is 9. The average molecular weight is 753 g/mol. The van der Waals surface area contributed by atoms with Crippen LogP contribution in [0, 0.1) is 0 Å². The predicted octanol–water partition coefficient (Wildman–Crippen LogP) is 15.8. The third kappa shape index (κ3) is 5.29. The molecule has 0 spiro atoms. The summed E-state index contributed by atoms with van der Waals surface area (Å²) in [7, 11) is 0. The van der Waals surface area contributed by atoms with Crippen LogP contribution in [0.2, 0.25) is 0 Å². The molecule has 0 atom stereocenters. The first-order valence-corrected chi connectivity index (χ1v) is 20.2. The summed E-state index contributed by atoms with van der Waals surface area (Å²) >= 11 is 0. The fourth-order valence-corrected chi connectivity index (χ4v) is 9.27. The van der Waals surface area contributed by atoms with Crippen molar-refractivity contribution in [2.24, 2.45) is 0 Å². The molecule has 0 bridgehead atoms. The van der Waals surface area contributed by atoms with E-state index in [-0.39, 0.29) is 0 Å². The predicted molar refractivity (Wildman–Crippen MR) is 249 cm³/mol. The molecule has 276 valence electrons. The van der Waals surface area contributed by atoms with Gasteiger partial charge in [0, 0.05) is 54.8 Å². The Kier molecular flexibility index (Phi) is 7.54. The third-order valence-corrected chi connectivity index (χ3v) is 12.0. The molecular weight excluding hydrogens is 717 g/mol. The van der Waals surface area contributed by atoms with E-state index in [2.05, 4.69) is 228 Å². The lowest BCUT2D eigenvalue weighted by atomic mass is 9.98. The highest BCUT2D eigenvalue weighted by atomic mass is 16.3. The van der Waals surface area contributed by atoms with Crippen LogP contribution in [0.25, 0.3) is 93.2 Å². The van der Waals surface area contributed by atoms with E-state index in [0.717, 1.165) is 72.3 Å². The van der Waals surface area contributed by atoms with E-state index in [1.54, 1.807) is 0 Å². The number of rotatable bonds is 6. The van der Waals surface area contributed by atoms with Crippen molar-refractivity contribution in [1.82, 2.24) is 4.57 Å². The second-order valence-electron chi connectivity index (χ2n) is 15.3. The number of hydrogen-bond donors (Lipinski definition) is 0. The first-order chi connectivity index (χ1) is 29.3. The van der Waals surface area contributed by atoms with Gasteiger partial charge in [0.2, 0.25) is 0 Å². The lowest BCUT2D eigenvalue weighted by molar-refractivity contribution is 0.674. The van der Waals surface area contributed by atoms with E-state index in [1.807, 2.05) is 0 Å². The molecule has 0 aliphatic rings. The zero-order chi connectivity index (χ0) is 38.9. The Bertz CT molecular complexity index is 3510. The molecule has 0 unspecified atom stereocenters. The standard InChI is InChI=1S/C56H36N2O/c1-3-19-43-38(14-1)16-12-29-51(43)57(54-28-10-7-23-47(54)48-24-13-25-49-50-35-32-39-15-2-4-20-44(39)55(50)59-56(48)49)41-33-30-37(31-34-41)40-17-11-18-42(36-40)58-52-26-8-5-21-45(52)46-22-6-9-27-53(46)58/h1-36H. The van der Waals surface area contributed by atoms with Crippen LogP contribution in [0.1, 0.15) is 0 Å². The molecule has 0 aliphatic heterocycles. The van der Waals surface area contributed by atoms with Crippen LogP contribution >= 0.6 is 0 Å². The van der Waals surface area contributed by atoms with Gasteiger partial charge < -0.3 is 13.9 Å². The lowest BCUT2D eigenvalue weighted by Gasteiger charge is -2.29. The third-order valence-electron chi connectivity index (χ3n) is 12.0. The van der Waals surface area contributed by atoms with Crippen molar-refractivity contribution in [2.75, 3.05) is 4.90 Å². The van der Waals surface area contributed by atoms with E-state index in [1.165, 1.54) is 38.0 Å². The van der Waals surface area contributed by atoms with Gasteiger partial charge in [-0.3, -0.25) is 0 Å². The molecule has 0 fully saturated rings. The number of furan rings is 1. The van der Waals surface area contributed by atoms with E-state index >= 15 is 0 Å². The maximum atomic E-state index is 6.90. The molecule has 3 heteroatoms. The molecule has 0 radical (unpaired) electrons. The second kappa shape index (κ2) is 13.4. The van der Waals surface area contributed by atoms with Gasteiger partial charge in [-0.2, -0.15) is 0 Å².